The van der Waals surface area contributed by atoms with Gasteiger partial charge in [0, 0.05) is 23.1 Å². The third-order valence-electron chi connectivity index (χ3n) is 4.44. The van der Waals surface area contributed by atoms with Crippen LogP contribution in [-0.4, -0.2) is 24.9 Å². The molecule has 0 spiro atoms. The molecule has 3 rings (SSSR count). The van der Waals surface area contributed by atoms with E-state index in [2.05, 4.69) is 0 Å². The first-order chi connectivity index (χ1) is 14.0. The fourth-order valence-electron chi connectivity index (χ4n) is 3.18. The molecule has 3 nitrogen and oxygen atoms in total. The molecule has 3 aromatic rings. The standard InChI is InChI=1S/C23H21Cl2FO3/c1-28-23-16(11-18(27)14-29-13-15-6-3-2-4-7-15)10-17(26)12-19(23)22-20(24)8-5-9-21(22)25/h2-10,12,18,27H,11,13-14H2,1H3/t18-/m0/s1. The molecule has 0 aliphatic rings. The van der Waals surface area contributed by atoms with Crippen LogP contribution in [0.4, 0.5) is 4.39 Å². The van der Waals surface area contributed by atoms with Gasteiger partial charge in [0.2, 0.25) is 0 Å². The molecule has 1 atom stereocenters. The molecule has 3 aromatic carbocycles. The zero-order valence-corrected chi connectivity index (χ0v) is 17.4. The van der Waals surface area contributed by atoms with Crippen molar-refractivity contribution in [2.75, 3.05) is 13.7 Å². The minimum atomic E-state index is -0.830. The average molecular weight is 435 g/mol. The van der Waals surface area contributed by atoms with Gasteiger partial charge in [-0.2, -0.15) is 0 Å². The zero-order chi connectivity index (χ0) is 20.8. The van der Waals surface area contributed by atoms with Crippen LogP contribution < -0.4 is 4.74 Å². The maximum atomic E-state index is 14.4. The molecule has 6 heteroatoms. The second-order valence-electron chi connectivity index (χ2n) is 6.60. The molecule has 0 heterocycles. The van der Waals surface area contributed by atoms with Crippen LogP contribution in [0.5, 0.6) is 5.75 Å². The summed E-state index contributed by atoms with van der Waals surface area (Å²) < 4.78 is 25.5. The number of aliphatic hydroxyl groups excluding tert-OH is 1. The van der Waals surface area contributed by atoms with E-state index in [-0.39, 0.29) is 13.0 Å². The monoisotopic (exact) mass is 434 g/mol. The molecule has 0 unspecified atom stereocenters. The Bertz CT molecular complexity index is 944. The minimum Gasteiger partial charge on any atom is -0.496 e. The summed E-state index contributed by atoms with van der Waals surface area (Å²) >= 11 is 12.6. The van der Waals surface area contributed by atoms with Crippen LogP contribution >= 0.6 is 23.2 Å². The second kappa shape index (κ2) is 10.1. The molecule has 0 fully saturated rings. The number of halogens is 3. The lowest BCUT2D eigenvalue weighted by Crippen LogP contribution is -2.19. The van der Waals surface area contributed by atoms with Crippen LogP contribution in [0.1, 0.15) is 11.1 Å². The fraction of sp³-hybridized carbons (Fsp3) is 0.217. The highest BCUT2D eigenvalue weighted by molar-refractivity contribution is 6.39. The molecule has 1 N–H and O–H groups in total. The molecule has 0 radical (unpaired) electrons. The molecule has 0 amide bonds. The van der Waals surface area contributed by atoms with Gasteiger partial charge >= 0.3 is 0 Å². The maximum absolute atomic E-state index is 14.4. The van der Waals surface area contributed by atoms with E-state index in [0.29, 0.717) is 39.1 Å². The lowest BCUT2D eigenvalue weighted by atomic mass is 9.98. The smallest absolute Gasteiger partial charge is 0.130 e. The molecular formula is C23H21Cl2FO3. The summed E-state index contributed by atoms with van der Waals surface area (Å²) in [4.78, 5) is 0. The van der Waals surface area contributed by atoms with Crippen LogP contribution in [0.15, 0.2) is 60.7 Å². The molecule has 0 aliphatic carbocycles. The number of methoxy groups -OCH3 is 1. The molecule has 0 aromatic heterocycles. The van der Waals surface area contributed by atoms with Gasteiger partial charge in [-0.1, -0.05) is 59.6 Å². The average Bonchev–Trinajstić information content (AvgIpc) is 2.68. The van der Waals surface area contributed by atoms with Gasteiger partial charge in [-0.05, 0) is 29.8 Å². The lowest BCUT2D eigenvalue weighted by molar-refractivity contribution is 0.0286. The van der Waals surface area contributed by atoms with Gasteiger partial charge in [-0.3, -0.25) is 0 Å². The van der Waals surface area contributed by atoms with Gasteiger partial charge in [0.1, 0.15) is 11.6 Å². The first-order valence-electron chi connectivity index (χ1n) is 9.10. The van der Waals surface area contributed by atoms with Crippen LogP contribution in [0.2, 0.25) is 10.0 Å². The summed E-state index contributed by atoms with van der Waals surface area (Å²) in [6.07, 6.45) is -0.672. The summed E-state index contributed by atoms with van der Waals surface area (Å²) in [5.41, 5.74) is 2.45. The molecule has 0 bridgehead atoms. The Hall–Kier alpha value is -2.11. The van der Waals surface area contributed by atoms with Gasteiger partial charge in [-0.25, -0.2) is 4.39 Å². The van der Waals surface area contributed by atoms with Crippen molar-refractivity contribution in [3.63, 3.8) is 0 Å². The van der Waals surface area contributed by atoms with Crippen LogP contribution in [0, 0.1) is 5.82 Å². The SMILES string of the molecule is COc1c(C[C@H](O)COCc2ccccc2)cc(F)cc1-c1c(Cl)cccc1Cl. The van der Waals surface area contributed by atoms with Gasteiger partial charge < -0.3 is 14.6 Å². The zero-order valence-electron chi connectivity index (χ0n) is 15.9. The highest BCUT2D eigenvalue weighted by Gasteiger charge is 2.20. The third-order valence-corrected chi connectivity index (χ3v) is 5.07. The van der Waals surface area contributed by atoms with Crippen LogP contribution in [0.25, 0.3) is 11.1 Å². The molecule has 152 valence electrons. The Morgan fingerprint density at radius 2 is 1.69 bits per heavy atom. The van der Waals surface area contributed by atoms with Gasteiger partial charge in [0.25, 0.3) is 0 Å². The molecule has 0 saturated carbocycles. The normalized spacial score (nSPS) is 12.0. The second-order valence-corrected chi connectivity index (χ2v) is 7.42. The Balaban J connectivity index is 1.79. The van der Waals surface area contributed by atoms with Crippen molar-refractivity contribution in [2.24, 2.45) is 0 Å². The first-order valence-corrected chi connectivity index (χ1v) is 9.85. The van der Waals surface area contributed by atoms with Crippen molar-refractivity contribution in [2.45, 2.75) is 19.1 Å². The molecule has 0 aliphatic heterocycles. The third kappa shape index (κ3) is 5.49. The molecule has 29 heavy (non-hydrogen) atoms. The van der Waals surface area contributed by atoms with Gasteiger partial charge in [-0.15, -0.1) is 0 Å². The number of benzene rings is 3. The van der Waals surface area contributed by atoms with E-state index in [4.69, 9.17) is 32.7 Å². The topological polar surface area (TPSA) is 38.7 Å². The van der Waals surface area contributed by atoms with E-state index < -0.39 is 11.9 Å². The van der Waals surface area contributed by atoms with E-state index >= 15 is 0 Å². The van der Waals surface area contributed by atoms with Crippen molar-refractivity contribution in [3.8, 4) is 16.9 Å². The quantitative estimate of drug-likeness (QED) is 0.477. The summed E-state index contributed by atoms with van der Waals surface area (Å²) in [5, 5.41) is 11.2. The van der Waals surface area contributed by atoms with E-state index in [9.17, 15) is 9.50 Å². The number of hydrogen-bond acceptors (Lipinski definition) is 3. The summed E-state index contributed by atoms with van der Waals surface area (Å²) in [5.74, 6) is -0.0484. The number of hydrogen-bond donors (Lipinski definition) is 1. The van der Waals surface area contributed by atoms with Gasteiger partial charge in [0.15, 0.2) is 0 Å². The lowest BCUT2D eigenvalue weighted by Gasteiger charge is -2.18. The van der Waals surface area contributed by atoms with Gasteiger partial charge in [0.05, 0.1) is 36.5 Å². The minimum absolute atomic E-state index is 0.108. The Morgan fingerprint density at radius 1 is 1.00 bits per heavy atom. The van der Waals surface area contributed by atoms with Crippen LogP contribution in [-0.2, 0) is 17.8 Å². The van der Waals surface area contributed by atoms with Crippen molar-refractivity contribution in [1.29, 1.82) is 0 Å². The van der Waals surface area contributed by atoms with E-state index in [1.807, 2.05) is 30.3 Å². The van der Waals surface area contributed by atoms with Crippen LogP contribution in [0.3, 0.4) is 0 Å². The first kappa shape index (κ1) is 21.6. The summed E-state index contributed by atoms with van der Waals surface area (Å²) in [7, 11) is 1.49. The molecular weight excluding hydrogens is 414 g/mol. The highest BCUT2D eigenvalue weighted by Crippen LogP contribution is 2.42. The maximum Gasteiger partial charge on any atom is 0.130 e. The van der Waals surface area contributed by atoms with E-state index in [0.717, 1.165) is 5.56 Å². The van der Waals surface area contributed by atoms with Crippen molar-refractivity contribution < 1.29 is 19.0 Å². The van der Waals surface area contributed by atoms with E-state index in [1.54, 1.807) is 18.2 Å². The predicted octanol–water partition coefficient (Wildman–Crippen LogP) is 5.93. The molecule has 0 saturated heterocycles. The van der Waals surface area contributed by atoms with Crippen molar-refractivity contribution in [3.05, 3.63) is 87.7 Å². The Kier molecular flexibility index (Phi) is 7.51. The van der Waals surface area contributed by atoms with Crippen molar-refractivity contribution in [1.82, 2.24) is 0 Å². The Labute approximate surface area is 179 Å². The predicted molar refractivity (Wildman–Crippen MR) is 114 cm³/mol. The summed E-state index contributed by atoms with van der Waals surface area (Å²) in [6.45, 7) is 0.495. The largest absolute Gasteiger partial charge is 0.496 e. The van der Waals surface area contributed by atoms with E-state index in [1.165, 1.54) is 19.2 Å². The highest BCUT2D eigenvalue weighted by atomic mass is 35.5. The number of aliphatic hydroxyl groups is 1. The fourth-order valence-corrected chi connectivity index (χ4v) is 3.78. The number of rotatable bonds is 8. The summed E-state index contributed by atoms with van der Waals surface area (Å²) in [6, 6.07) is 17.4. The van der Waals surface area contributed by atoms with Crippen molar-refractivity contribution >= 4 is 23.2 Å². The Morgan fingerprint density at radius 3 is 2.34 bits per heavy atom. The number of ether oxygens (including phenoxy) is 2.